The van der Waals surface area contributed by atoms with Crippen LogP contribution < -0.4 is 0 Å². The molecule has 4 rings (SSSR count). The van der Waals surface area contributed by atoms with Crippen molar-refractivity contribution in [2.24, 2.45) is 0 Å². The van der Waals surface area contributed by atoms with E-state index in [1.54, 1.807) is 11.3 Å². The predicted octanol–water partition coefficient (Wildman–Crippen LogP) is 3.62. The van der Waals surface area contributed by atoms with Crippen molar-refractivity contribution in [2.45, 2.75) is 19.3 Å². The summed E-state index contributed by atoms with van der Waals surface area (Å²) in [6, 6.07) is 4.38. The summed E-state index contributed by atoms with van der Waals surface area (Å²) >= 11 is 1.67. The Labute approximate surface area is 123 Å². The first-order chi connectivity index (χ1) is 10.1. The number of carbonyl (C=O) groups is 1. The molecule has 0 bridgehead atoms. The number of carboxylic acids is 1. The lowest BCUT2D eigenvalue weighted by Gasteiger charge is -1.95. The average molecular weight is 302 g/mol. The number of H-pyrrole nitrogens is 1. The number of halogens is 1. The molecule has 0 aliphatic heterocycles. The van der Waals surface area contributed by atoms with Crippen molar-refractivity contribution < 1.29 is 14.3 Å². The van der Waals surface area contributed by atoms with E-state index in [0.717, 1.165) is 23.8 Å². The van der Waals surface area contributed by atoms with E-state index in [1.165, 1.54) is 22.9 Å². The number of hydrogen-bond acceptors (Lipinski definition) is 3. The Morgan fingerprint density at radius 1 is 1.33 bits per heavy atom. The van der Waals surface area contributed by atoms with E-state index in [9.17, 15) is 9.18 Å². The van der Waals surface area contributed by atoms with Gasteiger partial charge < -0.3 is 10.1 Å². The summed E-state index contributed by atoms with van der Waals surface area (Å²) in [5, 5.41) is 9.16. The fraction of sp³-hybridized carbons (Fsp3) is 0.200. The number of aromatic nitrogens is 2. The van der Waals surface area contributed by atoms with Gasteiger partial charge in [0, 0.05) is 4.88 Å². The molecule has 0 saturated carbocycles. The molecule has 2 N–H and O–H groups in total. The molecule has 0 spiro atoms. The third-order valence-corrected chi connectivity index (χ3v) is 5.01. The summed E-state index contributed by atoms with van der Waals surface area (Å²) in [6.45, 7) is 0. The monoisotopic (exact) mass is 302 g/mol. The maximum absolute atomic E-state index is 13.5. The van der Waals surface area contributed by atoms with E-state index in [1.807, 2.05) is 0 Å². The number of rotatable bonds is 2. The molecule has 0 fully saturated rings. The summed E-state index contributed by atoms with van der Waals surface area (Å²) in [6.07, 6.45) is 3.37. The molecule has 106 valence electrons. The molecule has 0 unspecified atom stereocenters. The lowest BCUT2D eigenvalue weighted by atomic mass is 10.2. The van der Waals surface area contributed by atoms with Crippen LogP contribution in [0, 0.1) is 5.82 Å². The lowest BCUT2D eigenvalue weighted by molar-refractivity contribution is 0.0698. The zero-order valence-corrected chi connectivity index (χ0v) is 11.8. The first-order valence-corrected chi connectivity index (χ1v) is 7.48. The molecule has 0 amide bonds. The van der Waals surface area contributed by atoms with Crippen molar-refractivity contribution in [3.8, 4) is 10.7 Å². The number of aromatic amines is 1. The maximum atomic E-state index is 13.5. The molecule has 4 nitrogen and oxygen atoms in total. The molecule has 21 heavy (non-hydrogen) atoms. The third-order valence-electron chi connectivity index (χ3n) is 3.76. The first-order valence-electron chi connectivity index (χ1n) is 6.66. The van der Waals surface area contributed by atoms with Crippen molar-refractivity contribution in [1.82, 2.24) is 9.97 Å². The lowest BCUT2D eigenvalue weighted by Crippen LogP contribution is -1.98. The number of benzene rings is 1. The number of carboxylic acid groups (broad SMARTS) is 1. The Morgan fingerprint density at radius 3 is 2.95 bits per heavy atom. The summed E-state index contributed by atoms with van der Waals surface area (Å²) < 4.78 is 13.5. The van der Waals surface area contributed by atoms with Crippen molar-refractivity contribution >= 4 is 28.3 Å². The number of nitrogens with one attached hydrogen (secondary N) is 1. The molecule has 1 aliphatic rings. The van der Waals surface area contributed by atoms with E-state index in [2.05, 4.69) is 16.0 Å². The number of fused-ring (bicyclic) bond motifs is 2. The van der Waals surface area contributed by atoms with Gasteiger partial charge in [0.15, 0.2) is 0 Å². The van der Waals surface area contributed by atoms with Crippen LogP contribution in [0.5, 0.6) is 0 Å². The number of imidazole rings is 1. The van der Waals surface area contributed by atoms with Gasteiger partial charge in [-0.2, -0.15) is 0 Å². The standard InChI is InChI=1S/C15H11FN2O2S/c16-8-5-9(15(19)20)13-10(6-8)17-14(18-13)12-4-7-2-1-3-11(7)21-12/h4-6H,1-3H2,(H,17,18)(H,19,20). The highest BCUT2D eigenvalue weighted by Gasteiger charge is 2.19. The minimum absolute atomic E-state index is 0.114. The molecular formula is C15H11FN2O2S. The highest BCUT2D eigenvalue weighted by Crippen LogP contribution is 2.36. The second-order valence-corrected chi connectivity index (χ2v) is 6.29. The van der Waals surface area contributed by atoms with Crippen LogP contribution in [0.3, 0.4) is 0 Å². The molecule has 2 heterocycles. The van der Waals surface area contributed by atoms with Gasteiger partial charge in [0.25, 0.3) is 0 Å². The number of hydrogen-bond donors (Lipinski definition) is 2. The van der Waals surface area contributed by atoms with Crippen LogP contribution in [-0.2, 0) is 12.8 Å². The highest BCUT2D eigenvalue weighted by molar-refractivity contribution is 7.15. The van der Waals surface area contributed by atoms with Gasteiger partial charge in [-0.1, -0.05) is 0 Å². The smallest absolute Gasteiger partial charge is 0.338 e. The van der Waals surface area contributed by atoms with Gasteiger partial charge in [-0.3, -0.25) is 0 Å². The van der Waals surface area contributed by atoms with E-state index in [0.29, 0.717) is 16.9 Å². The normalized spacial score (nSPS) is 13.8. The van der Waals surface area contributed by atoms with Crippen molar-refractivity contribution in [1.29, 1.82) is 0 Å². The van der Waals surface area contributed by atoms with Crippen molar-refractivity contribution in [2.75, 3.05) is 0 Å². The zero-order valence-electron chi connectivity index (χ0n) is 10.9. The third kappa shape index (κ3) is 1.94. The largest absolute Gasteiger partial charge is 0.478 e. The van der Waals surface area contributed by atoms with Crippen LogP contribution in [0.4, 0.5) is 4.39 Å². The molecule has 0 radical (unpaired) electrons. The Hall–Kier alpha value is -2.21. The van der Waals surface area contributed by atoms with Gasteiger partial charge in [-0.15, -0.1) is 11.3 Å². The number of aromatic carboxylic acids is 1. The Morgan fingerprint density at radius 2 is 2.19 bits per heavy atom. The Balaban J connectivity index is 1.90. The molecule has 1 aliphatic carbocycles. The SMILES string of the molecule is O=C(O)c1cc(F)cc2[nH]c(-c3cc4c(s3)CCC4)nc12. The van der Waals surface area contributed by atoms with Crippen LogP contribution in [0.1, 0.15) is 27.2 Å². The summed E-state index contributed by atoms with van der Waals surface area (Å²) in [7, 11) is 0. The second kappa shape index (κ2) is 4.39. The molecule has 0 saturated heterocycles. The first kappa shape index (κ1) is 12.5. The number of thiophene rings is 1. The maximum Gasteiger partial charge on any atom is 0.338 e. The van der Waals surface area contributed by atoms with Crippen LogP contribution >= 0.6 is 11.3 Å². The van der Waals surface area contributed by atoms with E-state index < -0.39 is 11.8 Å². The van der Waals surface area contributed by atoms with Crippen molar-refractivity contribution in [3.05, 3.63) is 40.0 Å². The van der Waals surface area contributed by atoms with E-state index in [4.69, 9.17) is 5.11 Å². The molecular weight excluding hydrogens is 291 g/mol. The fourth-order valence-corrected chi connectivity index (χ4v) is 4.01. The summed E-state index contributed by atoms with van der Waals surface area (Å²) in [5.41, 5.74) is 1.94. The van der Waals surface area contributed by atoms with Gasteiger partial charge in [0.05, 0.1) is 16.0 Å². The van der Waals surface area contributed by atoms with Gasteiger partial charge >= 0.3 is 5.97 Å². The van der Waals surface area contributed by atoms with Crippen molar-refractivity contribution in [3.63, 3.8) is 0 Å². The average Bonchev–Trinajstić information content (AvgIpc) is 3.09. The molecule has 2 aromatic heterocycles. The molecule has 0 atom stereocenters. The zero-order chi connectivity index (χ0) is 14.6. The van der Waals surface area contributed by atoms with Crippen LogP contribution in [0.25, 0.3) is 21.7 Å². The van der Waals surface area contributed by atoms with E-state index >= 15 is 0 Å². The van der Waals surface area contributed by atoms with Gasteiger partial charge in [0.2, 0.25) is 0 Å². The Bertz CT molecular complexity index is 860. The minimum Gasteiger partial charge on any atom is -0.478 e. The number of aryl methyl sites for hydroxylation is 2. The van der Waals surface area contributed by atoms with E-state index in [-0.39, 0.29) is 5.56 Å². The van der Waals surface area contributed by atoms with Gasteiger partial charge in [0.1, 0.15) is 17.2 Å². The molecule has 6 heteroatoms. The predicted molar refractivity (Wildman–Crippen MR) is 78.3 cm³/mol. The van der Waals surface area contributed by atoms with Crippen LogP contribution in [0.15, 0.2) is 18.2 Å². The quantitative estimate of drug-likeness (QED) is 0.760. The highest BCUT2D eigenvalue weighted by atomic mass is 32.1. The summed E-state index contributed by atoms with van der Waals surface area (Å²) in [5.74, 6) is -1.15. The molecule has 3 aromatic rings. The van der Waals surface area contributed by atoms with Crippen LogP contribution in [-0.4, -0.2) is 21.0 Å². The minimum atomic E-state index is -1.17. The Kier molecular flexibility index (Phi) is 2.62. The summed E-state index contributed by atoms with van der Waals surface area (Å²) in [4.78, 5) is 21.0. The molecule has 1 aromatic carbocycles. The fourth-order valence-electron chi connectivity index (χ4n) is 2.81. The number of nitrogens with zero attached hydrogens (tertiary/aromatic N) is 1. The topological polar surface area (TPSA) is 66.0 Å². The van der Waals surface area contributed by atoms with Gasteiger partial charge in [-0.05, 0) is 43.0 Å². The van der Waals surface area contributed by atoms with Crippen LogP contribution in [0.2, 0.25) is 0 Å². The van der Waals surface area contributed by atoms with Gasteiger partial charge in [-0.25, -0.2) is 14.2 Å². The second-order valence-electron chi connectivity index (χ2n) is 5.15.